The molecule has 3 rings (SSSR count). The Morgan fingerprint density at radius 3 is 2.76 bits per heavy atom. The highest BCUT2D eigenvalue weighted by molar-refractivity contribution is 6.36. The molecule has 154 valence electrons. The van der Waals surface area contributed by atoms with Gasteiger partial charge in [0.1, 0.15) is 5.75 Å². The molecule has 0 bridgehead atoms. The van der Waals surface area contributed by atoms with Crippen molar-refractivity contribution in [2.75, 3.05) is 37.8 Å². The van der Waals surface area contributed by atoms with Crippen LogP contribution in [0.25, 0.3) is 0 Å². The standard InChI is InChI=1S/C21H22Cl2N2O4/c1-2-7-29-21(27)17-12-16(3-4-19(17)25-5-8-28-9-6-25)24-13-14-10-15(22)11-18(23)20(14)26/h3-4,10-13,26H,2,5-9H2,1H3. The molecule has 1 aliphatic rings. The molecule has 0 amide bonds. The molecule has 1 heterocycles. The predicted molar refractivity (Wildman–Crippen MR) is 115 cm³/mol. The van der Waals surface area contributed by atoms with Crippen molar-refractivity contribution in [1.82, 2.24) is 0 Å². The topological polar surface area (TPSA) is 71.4 Å². The minimum absolute atomic E-state index is 0.104. The first-order valence-electron chi connectivity index (χ1n) is 9.35. The van der Waals surface area contributed by atoms with Crippen LogP contribution >= 0.6 is 23.2 Å². The molecule has 6 nitrogen and oxygen atoms in total. The van der Waals surface area contributed by atoms with Gasteiger partial charge < -0.3 is 19.5 Å². The highest BCUT2D eigenvalue weighted by Gasteiger charge is 2.20. The van der Waals surface area contributed by atoms with Crippen molar-refractivity contribution in [3.05, 3.63) is 51.5 Å². The van der Waals surface area contributed by atoms with Gasteiger partial charge in [-0.2, -0.15) is 0 Å². The summed E-state index contributed by atoms with van der Waals surface area (Å²) in [5.41, 5.74) is 2.17. The lowest BCUT2D eigenvalue weighted by atomic mass is 10.1. The van der Waals surface area contributed by atoms with E-state index in [0.29, 0.717) is 54.7 Å². The molecular weight excluding hydrogens is 415 g/mol. The van der Waals surface area contributed by atoms with Gasteiger partial charge >= 0.3 is 5.97 Å². The highest BCUT2D eigenvalue weighted by atomic mass is 35.5. The van der Waals surface area contributed by atoms with Crippen LogP contribution in [0.4, 0.5) is 11.4 Å². The van der Waals surface area contributed by atoms with Crippen molar-refractivity contribution in [3.8, 4) is 5.75 Å². The molecule has 0 aliphatic carbocycles. The minimum Gasteiger partial charge on any atom is -0.506 e. The van der Waals surface area contributed by atoms with Crippen LogP contribution in [0.1, 0.15) is 29.3 Å². The number of rotatable bonds is 6. The fraction of sp³-hybridized carbons (Fsp3) is 0.333. The van der Waals surface area contributed by atoms with E-state index in [1.54, 1.807) is 18.2 Å². The zero-order valence-corrected chi connectivity index (χ0v) is 17.5. The van der Waals surface area contributed by atoms with Crippen LogP contribution in [-0.4, -0.2) is 50.2 Å². The van der Waals surface area contributed by atoms with Crippen LogP contribution in [0.5, 0.6) is 5.75 Å². The van der Waals surface area contributed by atoms with E-state index in [9.17, 15) is 9.90 Å². The molecule has 1 N–H and O–H groups in total. The van der Waals surface area contributed by atoms with E-state index in [1.165, 1.54) is 12.3 Å². The highest BCUT2D eigenvalue weighted by Crippen LogP contribution is 2.31. The van der Waals surface area contributed by atoms with Crippen molar-refractivity contribution < 1.29 is 19.4 Å². The summed E-state index contributed by atoms with van der Waals surface area (Å²) in [5, 5.41) is 10.6. The Bertz CT molecular complexity index is 912. The fourth-order valence-corrected chi connectivity index (χ4v) is 3.46. The third kappa shape index (κ3) is 5.41. The maximum absolute atomic E-state index is 12.6. The quantitative estimate of drug-likeness (QED) is 0.517. The van der Waals surface area contributed by atoms with Crippen molar-refractivity contribution in [2.45, 2.75) is 13.3 Å². The second-order valence-corrected chi connectivity index (χ2v) is 7.36. The summed E-state index contributed by atoms with van der Waals surface area (Å²) >= 11 is 11.9. The lowest BCUT2D eigenvalue weighted by molar-refractivity contribution is 0.0505. The molecular formula is C21H22Cl2N2O4. The van der Waals surface area contributed by atoms with Crippen LogP contribution in [0.3, 0.4) is 0 Å². The van der Waals surface area contributed by atoms with E-state index in [1.807, 2.05) is 13.0 Å². The molecule has 0 saturated carbocycles. The van der Waals surface area contributed by atoms with Crippen molar-refractivity contribution >= 4 is 46.8 Å². The van der Waals surface area contributed by atoms with Gasteiger partial charge in [0.2, 0.25) is 0 Å². The van der Waals surface area contributed by atoms with Gasteiger partial charge in [-0.1, -0.05) is 30.1 Å². The molecule has 2 aromatic carbocycles. The molecule has 8 heteroatoms. The van der Waals surface area contributed by atoms with Crippen LogP contribution in [-0.2, 0) is 9.47 Å². The lowest BCUT2D eigenvalue weighted by Gasteiger charge is -2.30. The average Bonchev–Trinajstić information content (AvgIpc) is 2.74. The normalized spacial score (nSPS) is 14.4. The fourth-order valence-electron chi connectivity index (χ4n) is 2.95. The first-order valence-corrected chi connectivity index (χ1v) is 10.1. The summed E-state index contributed by atoms with van der Waals surface area (Å²) in [7, 11) is 0. The number of halogens is 2. The zero-order valence-electron chi connectivity index (χ0n) is 16.0. The van der Waals surface area contributed by atoms with Gasteiger partial charge in [0, 0.05) is 29.9 Å². The summed E-state index contributed by atoms with van der Waals surface area (Å²) in [4.78, 5) is 19.1. The Labute approximate surface area is 179 Å². The summed E-state index contributed by atoms with van der Waals surface area (Å²) < 4.78 is 10.8. The number of aromatic hydroxyl groups is 1. The van der Waals surface area contributed by atoms with Crippen LogP contribution in [0, 0.1) is 0 Å². The van der Waals surface area contributed by atoms with Gasteiger partial charge in [0.15, 0.2) is 0 Å². The Morgan fingerprint density at radius 2 is 2.03 bits per heavy atom. The zero-order chi connectivity index (χ0) is 20.8. The molecule has 0 aromatic heterocycles. The van der Waals surface area contributed by atoms with Crippen LogP contribution < -0.4 is 4.90 Å². The SMILES string of the molecule is CCCOC(=O)c1cc(N=Cc2cc(Cl)cc(Cl)c2O)ccc1N1CCOCC1. The van der Waals surface area contributed by atoms with Crippen molar-refractivity contribution in [3.63, 3.8) is 0 Å². The number of benzene rings is 2. The van der Waals surface area contributed by atoms with E-state index in [-0.39, 0.29) is 16.7 Å². The van der Waals surface area contributed by atoms with Gasteiger partial charge in [-0.25, -0.2) is 4.79 Å². The number of hydrogen-bond donors (Lipinski definition) is 1. The molecule has 1 aliphatic heterocycles. The maximum Gasteiger partial charge on any atom is 0.340 e. The van der Waals surface area contributed by atoms with E-state index in [2.05, 4.69) is 9.89 Å². The molecule has 0 atom stereocenters. The Kier molecular flexibility index (Phi) is 7.36. The number of ether oxygens (including phenoxy) is 2. The number of carbonyl (C=O) groups excluding carboxylic acids is 1. The second kappa shape index (κ2) is 9.96. The number of anilines is 1. The molecule has 1 fully saturated rings. The van der Waals surface area contributed by atoms with Gasteiger partial charge in [0.05, 0.1) is 41.8 Å². The maximum atomic E-state index is 12.6. The third-order valence-corrected chi connectivity index (χ3v) is 4.91. The van der Waals surface area contributed by atoms with Crippen LogP contribution in [0.15, 0.2) is 35.3 Å². The first-order chi connectivity index (χ1) is 14.0. The molecule has 0 radical (unpaired) electrons. The number of morpholine rings is 1. The second-order valence-electron chi connectivity index (χ2n) is 6.52. The third-order valence-electron chi connectivity index (χ3n) is 4.40. The molecule has 1 saturated heterocycles. The smallest absolute Gasteiger partial charge is 0.340 e. The van der Waals surface area contributed by atoms with Gasteiger partial charge in [-0.3, -0.25) is 4.99 Å². The Morgan fingerprint density at radius 1 is 1.28 bits per heavy atom. The average molecular weight is 437 g/mol. The number of nitrogens with zero attached hydrogens (tertiary/aromatic N) is 2. The molecule has 2 aromatic rings. The Balaban J connectivity index is 1.92. The summed E-state index contributed by atoms with van der Waals surface area (Å²) in [6.07, 6.45) is 2.20. The molecule has 29 heavy (non-hydrogen) atoms. The van der Waals surface area contributed by atoms with Gasteiger partial charge in [-0.05, 0) is 36.8 Å². The number of hydrogen-bond acceptors (Lipinski definition) is 6. The summed E-state index contributed by atoms with van der Waals surface area (Å²) in [6.45, 7) is 4.91. The van der Waals surface area contributed by atoms with E-state index >= 15 is 0 Å². The minimum atomic E-state index is -0.390. The lowest BCUT2D eigenvalue weighted by Crippen LogP contribution is -2.37. The predicted octanol–water partition coefficient (Wildman–Crippen LogP) is 4.85. The van der Waals surface area contributed by atoms with E-state index in [4.69, 9.17) is 32.7 Å². The number of aliphatic imine (C=N–C) groups is 1. The monoisotopic (exact) mass is 436 g/mol. The molecule has 0 spiro atoms. The first kappa shape index (κ1) is 21.4. The summed E-state index contributed by atoms with van der Waals surface area (Å²) in [5.74, 6) is -0.494. The van der Waals surface area contributed by atoms with Crippen molar-refractivity contribution in [2.24, 2.45) is 4.99 Å². The van der Waals surface area contributed by atoms with E-state index in [0.717, 1.165) is 12.1 Å². The number of esters is 1. The molecule has 0 unspecified atom stereocenters. The van der Waals surface area contributed by atoms with Crippen LogP contribution in [0.2, 0.25) is 10.0 Å². The van der Waals surface area contributed by atoms with Gasteiger partial charge in [0.25, 0.3) is 0 Å². The van der Waals surface area contributed by atoms with E-state index < -0.39 is 0 Å². The van der Waals surface area contributed by atoms with Gasteiger partial charge in [-0.15, -0.1) is 0 Å². The van der Waals surface area contributed by atoms with Crippen molar-refractivity contribution in [1.29, 1.82) is 0 Å². The largest absolute Gasteiger partial charge is 0.506 e. The summed E-state index contributed by atoms with van der Waals surface area (Å²) in [6, 6.07) is 8.36. The number of carbonyl (C=O) groups is 1. The number of phenols is 1. The number of phenolic OH excluding ortho intramolecular Hbond substituents is 1. The Hall–Kier alpha value is -2.28.